The molecule has 0 fully saturated rings. The van der Waals surface area contributed by atoms with Crippen molar-refractivity contribution in [3.05, 3.63) is 29.8 Å². The van der Waals surface area contributed by atoms with Crippen LogP contribution in [0.15, 0.2) is 24.3 Å². The van der Waals surface area contributed by atoms with Crippen LogP contribution in [0.1, 0.15) is 31.1 Å². The highest BCUT2D eigenvalue weighted by Gasteiger charge is 2.16. The zero-order chi connectivity index (χ0) is 18.1. The first-order chi connectivity index (χ1) is 11.3. The first kappa shape index (κ1) is 19.5. The van der Waals surface area contributed by atoms with Crippen molar-refractivity contribution >= 4 is 17.7 Å². The molecule has 0 aliphatic carbocycles. The summed E-state index contributed by atoms with van der Waals surface area (Å²) >= 11 is 0. The van der Waals surface area contributed by atoms with E-state index in [1.165, 1.54) is 11.9 Å². The largest absolute Gasteiger partial charge is 0.493 e. The lowest BCUT2D eigenvalue weighted by Gasteiger charge is -2.18. The maximum Gasteiger partial charge on any atom is 0.255 e. The highest BCUT2D eigenvalue weighted by atomic mass is 16.5. The van der Waals surface area contributed by atoms with Crippen LogP contribution < -0.4 is 15.4 Å². The first-order valence-corrected chi connectivity index (χ1v) is 7.88. The van der Waals surface area contributed by atoms with Gasteiger partial charge >= 0.3 is 0 Å². The monoisotopic (exact) mass is 335 g/mol. The van der Waals surface area contributed by atoms with Crippen LogP contribution in [0.2, 0.25) is 0 Å². The van der Waals surface area contributed by atoms with Gasteiger partial charge in [0.15, 0.2) is 0 Å². The maximum atomic E-state index is 12.2. The van der Waals surface area contributed by atoms with Crippen molar-refractivity contribution in [1.29, 1.82) is 0 Å². The predicted octanol–water partition coefficient (Wildman–Crippen LogP) is 0.798. The Morgan fingerprint density at radius 3 is 2.50 bits per heavy atom. The molecule has 132 valence electrons. The first-order valence-electron chi connectivity index (χ1n) is 7.88. The van der Waals surface area contributed by atoms with Crippen molar-refractivity contribution in [2.75, 3.05) is 26.7 Å². The topological polar surface area (TPSA) is 87.7 Å². The van der Waals surface area contributed by atoms with Crippen LogP contribution in [-0.4, -0.2) is 55.4 Å². The zero-order valence-corrected chi connectivity index (χ0v) is 14.6. The van der Waals surface area contributed by atoms with Crippen LogP contribution >= 0.6 is 0 Å². The van der Waals surface area contributed by atoms with Crippen molar-refractivity contribution in [2.24, 2.45) is 0 Å². The molecule has 0 saturated carbocycles. The second-order valence-corrected chi connectivity index (χ2v) is 5.58. The van der Waals surface area contributed by atoms with Crippen molar-refractivity contribution in [1.82, 2.24) is 15.5 Å². The van der Waals surface area contributed by atoms with Gasteiger partial charge in [-0.05, 0) is 32.9 Å². The standard InChI is InChI=1S/C17H25N3O4/c1-5-24-14-9-7-6-8-13(14)17(23)18-10-16(22)20(4)11-15(21)19-12(2)3/h6-9,12H,5,10-11H2,1-4H3,(H,18,23)(H,19,21). The summed E-state index contributed by atoms with van der Waals surface area (Å²) in [6.45, 7) is 5.71. The Kier molecular flexibility index (Phi) is 7.74. The summed E-state index contributed by atoms with van der Waals surface area (Å²) in [6.07, 6.45) is 0. The van der Waals surface area contributed by atoms with Crippen LogP contribution in [0.4, 0.5) is 0 Å². The second kappa shape index (κ2) is 9.54. The maximum absolute atomic E-state index is 12.2. The van der Waals surface area contributed by atoms with Crippen molar-refractivity contribution < 1.29 is 19.1 Å². The number of nitrogens with one attached hydrogen (secondary N) is 2. The van der Waals surface area contributed by atoms with Crippen LogP contribution in [0, 0.1) is 0 Å². The number of hydrogen-bond acceptors (Lipinski definition) is 4. The summed E-state index contributed by atoms with van der Waals surface area (Å²) in [5.41, 5.74) is 0.368. The van der Waals surface area contributed by atoms with Gasteiger partial charge in [0.25, 0.3) is 5.91 Å². The number of rotatable bonds is 8. The third kappa shape index (κ3) is 6.28. The molecule has 3 amide bonds. The molecule has 7 nitrogen and oxygen atoms in total. The molecule has 0 unspecified atom stereocenters. The molecule has 0 atom stereocenters. The van der Waals surface area contributed by atoms with Gasteiger partial charge in [-0.15, -0.1) is 0 Å². The van der Waals surface area contributed by atoms with E-state index in [-0.39, 0.29) is 30.9 Å². The van der Waals surface area contributed by atoms with E-state index in [4.69, 9.17) is 4.74 Å². The number of hydrogen-bond donors (Lipinski definition) is 2. The van der Waals surface area contributed by atoms with E-state index in [2.05, 4.69) is 10.6 Å². The third-order valence-corrected chi connectivity index (χ3v) is 3.09. The van der Waals surface area contributed by atoms with Gasteiger partial charge in [-0.1, -0.05) is 12.1 Å². The van der Waals surface area contributed by atoms with E-state index in [1.807, 2.05) is 20.8 Å². The number of nitrogens with zero attached hydrogens (tertiary/aromatic N) is 1. The Hall–Kier alpha value is -2.57. The minimum Gasteiger partial charge on any atom is -0.493 e. The fourth-order valence-corrected chi connectivity index (χ4v) is 1.99. The summed E-state index contributed by atoms with van der Waals surface area (Å²) in [5.74, 6) is -0.521. The molecule has 0 saturated heterocycles. The van der Waals surface area contributed by atoms with Gasteiger partial charge in [0.2, 0.25) is 11.8 Å². The second-order valence-electron chi connectivity index (χ2n) is 5.58. The molecule has 1 aromatic rings. The van der Waals surface area contributed by atoms with E-state index in [9.17, 15) is 14.4 Å². The summed E-state index contributed by atoms with van der Waals surface area (Å²) in [7, 11) is 1.52. The molecule has 0 aliphatic rings. The molecule has 0 bridgehead atoms. The number of benzene rings is 1. The highest BCUT2D eigenvalue weighted by Crippen LogP contribution is 2.17. The number of para-hydroxylation sites is 1. The molecule has 0 radical (unpaired) electrons. The normalized spacial score (nSPS) is 10.2. The van der Waals surface area contributed by atoms with Gasteiger partial charge in [-0.3, -0.25) is 14.4 Å². The molecule has 24 heavy (non-hydrogen) atoms. The van der Waals surface area contributed by atoms with E-state index in [1.54, 1.807) is 24.3 Å². The quantitative estimate of drug-likeness (QED) is 0.735. The molecule has 0 heterocycles. The molecule has 1 aromatic carbocycles. The van der Waals surface area contributed by atoms with E-state index < -0.39 is 5.91 Å². The van der Waals surface area contributed by atoms with Crippen molar-refractivity contribution in [3.8, 4) is 5.75 Å². The van der Waals surface area contributed by atoms with Crippen molar-refractivity contribution in [2.45, 2.75) is 26.8 Å². The Balaban J connectivity index is 2.54. The molecular weight excluding hydrogens is 310 g/mol. The molecule has 1 rings (SSSR count). The predicted molar refractivity (Wildman–Crippen MR) is 90.9 cm³/mol. The van der Waals surface area contributed by atoms with Crippen LogP contribution in [0.5, 0.6) is 5.75 Å². The number of carbonyl (C=O) groups is 3. The Bertz CT molecular complexity index is 587. The van der Waals surface area contributed by atoms with Gasteiger partial charge in [-0.2, -0.15) is 0 Å². The molecule has 7 heteroatoms. The van der Waals surface area contributed by atoms with Crippen molar-refractivity contribution in [3.63, 3.8) is 0 Å². The lowest BCUT2D eigenvalue weighted by molar-refractivity contribution is -0.134. The fourth-order valence-electron chi connectivity index (χ4n) is 1.99. The SMILES string of the molecule is CCOc1ccccc1C(=O)NCC(=O)N(C)CC(=O)NC(C)C. The van der Waals surface area contributed by atoms with Gasteiger partial charge in [-0.25, -0.2) is 0 Å². The zero-order valence-electron chi connectivity index (χ0n) is 14.6. The highest BCUT2D eigenvalue weighted by molar-refractivity contribution is 5.99. The van der Waals surface area contributed by atoms with Crippen LogP contribution in [-0.2, 0) is 9.59 Å². The number of likely N-dealkylation sites (N-methyl/N-ethyl adjacent to an activating group) is 1. The average Bonchev–Trinajstić information content (AvgIpc) is 2.52. The minimum atomic E-state index is -0.396. The summed E-state index contributed by atoms with van der Waals surface area (Å²) in [4.78, 5) is 37.1. The van der Waals surface area contributed by atoms with E-state index in [0.29, 0.717) is 17.9 Å². The summed E-state index contributed by atoms with van der Waals surface area (Å²) < 4.78 is 5.39. The lowest BCUT2D eigenvalue weighted by atomic mass is 10.2. The minimum absolute atomic E-state index is 0.00997. The Labute approximate surface area is 142 Å². The van der Waals surface area contributed by atoms with Gasteiger partial charge in [0.05, 0.1) is 25.3 Å². The molecular formula is C17H25N3O4. The van der Waals surface area contributed by atoms with Gasteiger partial charge in [0.1, 0.15) is 5.75 Å². The van der Waals surface area contributed by atoms with Gasteiger partial charge in [0, 0.05) is 13.1 Å². The van der Waals surface area contributed by atoms with E-state index >= 15 is 0 Å². The molecule has 0 aliphatic heterocycles. The summed E-state index contributed by atoms with van der Waals surface area (Å²) in [5, 5.41) is 5.25. The van der Waals surface area contributed by atoms with Gasteiger partial charge < -0.3 is 20.3 Å². The fraction of sp³-hybridized carbons (Fsp3) is 0.471. The Morgan fingerprint density at radius 1 is 1.21 bits per heavy atom. The smallest absolute Gasteiger partial charge is 0.255 e. The molecule has 0 spiro atoms. The van der Waals surface area contributed by atoms with E-state index in [0.717, 1.165) is 0 Å². The molecule has 2 N–H and O–H groups in total. The number of amides is 3. The Morgan fingerprint density at radius 2 is 1.88 bits per heavy atom. The van der Waals surface area contributed by atoms with Crippen LogP contribution in [0.3, 0.4) is 0 Å². The third-order valence-electron chi connectivity index (χ3n) is 3.09. The molecule has 0 aromatic heterocycles. The number of carbonyl (C=O) groups excluding carboxylic acids is 3. The lowest BCUT2D eigenvalue weighted by Crippen LogP contribution is -2.44. The van der Waals surface area contributed by atoms with Crippen LogP contribution in [0.25, 0.3) is 0 Å². The average molecular weight is 335 g/mol. The number of ether oxygens (including phenoxy) is 1. The summed E-state index contributed by atoms with van der Waals surface area (Å²) in [6, 6.07) is 6.83.